The Labute approximate surface area is 85.5 Å². The van der Waals surface area contributed by atoms with Crippen molar-refractivity contribution in [1.82, 2.24) is 0 Å². The van der Waals surface area contributed by atoms with Gasteiger partial charge in [0.05, 0.1) is 12.2 Å². The van der Waals surface area contributed by atoms with Crippen LogP contribution in [0.1, 0.15) is 35.4 Å². The normalized spacial score (nSPS) is 16.8. The topological polar surface area (TPSA) is 20.2 Å². The molecule has 1 aromatic carbocycles. The van der Waals surface area contributed by atoms with Gasteiger partial charge in [-0.2, -0.15) is 13.2 Å². The molecule has 1 fully saturated rings. The molecule has 0 bridgehead atoms. The number of halogens is 3. The highest BCUT2D eigenvalue weighted by Crippen LogP contribution is 2.42. The highest BCUT2D eigenvalue weighted by atomic mass is 19.4. The molecule has 0 aromatic heterocycles. The van der Waals surface area contributed by atoms with Crippen LogP contribution in [-0.4, -0.2) is 5.11 Å². The van der Waals surface area contributed by atoms with E-state index in [0.29, 0.717) is 5.92 Å². The van der Waals surface area contributed by atoms with Crippen molar-refractivity contribution in [3.05, 3.63) is 34.9 Å². The van der Waals surface area contributed by atoms with Gasteiger partial charge in [0.1, 0.15) is 0 Å². The zero-order chi connectivity index (χ0) is 11.1. The summed E-state index contributed by atoms with van der Waals surface area (Å²) in [5, 5.41) is 8.83. The second-order valence-corrected chi connectivity index (χ2v) is 3.85. The molecule has 0 aliphatic heterocycles. The average molecular weight is 216 g/mol. The number of hydrogen-bond acceptors (Lipinski definition) is 1. The lowest BCUT2D eigenvalue weighted by molar-refractivity contribution is -0.138. The molecular formula is C11H11F3O. The van der Waals surface area contributed by atoms with Gasteiger partial charge in [-0.25, -0.2) is 0 Å². The first-order valence-electron chi connectivity index (χ1n) is 4.83. The second-order valence-electron chi connectivity index (χ2n) is 3.85. The third-order valence-corrected chi connectivity index (χ3v) is 2.66. The molecule has 0 spiro atoms. The molecule has 1 N–H and O–H groups in total. The first-order chi connectivity index (χ1) is 7.02. The Bertz CT molecular complexity index is 367. The third-order valence-electron chi connectivity index (χ3n) is 2.66. The SMILES string of the molecule is OCc1ccc(C2CC2)cc1C(F)(F)F. The minimum atomic E-state index is -4.37. The fourth-order valence-corrected chi connectivity index (χ4v) is 1.67. The summed E-state index contributed by atoms with van der Waals surface area (Å²) in [5.41, 5.74) is -0.0131. The van der Waals surface area contributed by atoms with E-state index in [1.807, 2.05) is 0 Å². The van der Waals surface area contributed by atoms with Gasteiger partial charge in [-0.3, -0.25) is 0 Å². The average Bonchev–Trinajstić information content (AvgIpc) is 2.98. The van der Waals surface area contributed by atoms with E-state index in [1.54, 1.807) is 6.07 Å². The molecule has 1 nitrogen and oxygen atoms in total. The Kier molecular flexibility index (Phi) is 2.46. The lowest BCUT2D eigenvalue weighted by Crippen LogP contribution is -2.09. The number of benzene rings is 1. The van der Waals surface area contributed by atoms with E-state index in [-0.39, 0.29) is 5.56 Å². The van der Waals surface area contributed by atoms with Crippen molar-refractivity contribution in [3.8, 4) is 0 Å². The van der Waals surface area contributed by atoms with Crippen LogP contribution in [0.25, 0.3) is 0 Å². The van der Waals surface area contributed by atoms with Gasteiger partial charge < -0.3 is 5.11 Å². The van der Waals surface area contributed by atoms with Crippen LogP contribution in [0.3, 0.4) is 0 Å². The Hall–Kier alpha value is -1.03. The van der Waals surface area contributed by atoms with E-state index in [4.69, 9.17) is 5.11 Å². The van der Waals surface area contributed by atoms with Crippen LogP contribution in [0.4, 0.5) is 13.2 Å². The molecule has 2 rings (SSSR count). The fourth-order valence-electron chi connectivity index (χ4n) is 1.67. The Morgan fingerprint density at radius 3 is 2.40 bits per heavy atom. The van der Waals surface area contributed by atoms with Gasteiger partial charge >= 0.3 is 6.18 Å². The lowest BCUT2D eigenvalue weighted by atomic mass is 10.0. The summed E-state index contributed by atoms with van der Waals surface area (Å²) in [7, 11) is 0. The maximum absolute atomic E-state index is 12.6. The van der Waals surface area contributed by atoms with E-state index < -0.39 is 18.3 Å². The van der Waals surface area contributed by atoms with Crippen LogP contribution in [0.2, 0.25) is 0 Å². The predicted molar refractivity (Wildman–Crippen MR) is 49.3 cm³/mol. The lowest BCUT2D eigenvalue weighted by Gasteiger charge is -2.12. The van der Waals surface area contributed by atoms with Gasteiger partial charge in [0.15, 0.2) is 0 Å². The molecule has 1 saturated carbocycles. The third kappa shape index (κ3) is 2.15. The Morgan fingerprint density at radius 1 is 1.27 bits per heavy atom. The number of aliphatic hydroxyl groups is 1. The number of aliphatic hydroxyl groups excluding tert-OH is 1. The zero-order valence-corrected chi connectivity index (χ0v) is 8.01. The number of hydrogen-bond donors (Lipinski definition) is 1. The van der Waals surface area contributed by atoms with E-state index >= 15 is 0 Å². The predicted octanol–water partition coefficient (Wildman–Crippen LogP) is 3.08. The summed E-state index contributed by atoms with van der Waals surface area (Å²) in [6.45, 7) is -0.570. The summed E-state index contributed by atoms with van der Waals surface area (Å²) in [6, 6.07) is 4.22. The van der Waals surface area contributed by atoms with Crippen LogP contribution >= 0.6 is 0 Å². The summed E-state index contributed by atoms with van der Waals surface area (Å²) < 4.78 is 37.8. The van der Waals surface area contributed by atoms with Gasteiger partial charge in [-0.15, -0.1) is 0 Å². The minimum Gasteiger partial charge on any atom is -0.392 e. The molecule has 1 aromatic rings. The molecule has 0 radical (unpaired) electrons. The van der Waals surface area contributed by atoms with Crippen molar-refractivity contribution in [2.75, 3.05) is 0 Å². The summed E-state index contributed by atoms with van der Waals surface area (Å²) in [6.07, 6.45) is -2.44. The van der Waals surface area contributed by atoms with Crippen molar-refractivity contribution in [2.45, 2.75) is 31.5 Å². The maximum Gasteiger partial charge on any atom is 0.416 e. The highest BCUT2D eigenvalue weighted by Gasteiger charge is 2.35. The van der Waals surface area contributed by atoms with Gasteiger partial charge in [0, 0.05) is 0 Å². The Morgan fingerprint density at radius 2 is 1.93 bits per heavy atom. The largest absolute Gasteiger partial charge is 0.416 e. The van der Waals surface area contributed by atoms with E-state index in [2.05, 4.69) is 0 Å². The molecular weight excluding hydrogens is 205 g/mol. The first-order valence-corrected chi connectivity index (χ1v) is 4.83. The van der Waals surface area contributed by atoms with Crippen molar-refractivity contribution in [3.63, 3.8) is 0 Å². The molecule has 1 aliphatic carbocycles. The highest BCUT2D eigenvalue weighted by molar-refractivity contribution is 5.36. The van der Waals surface area contributed by atoms with Gasteiger partial charge in [0.25, 0.3) is 0 Å². The van der Waals surface area contributed by atoms with Crippen molar-refractivity contribution < 1.29 is 18.3 Å². The monoisotopic (exact) mass is 216 g/mol. The molecule has 15 heavy (non-hydrogen) atoms. The smallest absolute Gasteiger partial charge is 0.392 e. The van der Waals surface area contributed by atoms with E-state index in [9.17, 15) is 13.2 Å². The minimum absolute atomic E-state index is 0.0492. The standard InChI is InChI=1S/C11H11F3O/c12-11(13,14)10-5-8(7-1-2-7)3-4-9(10)6-15/h3-5,7,15H,1-2,6H2. The number of rotatable bonds is 2. The molecule has 0 amide bonds. The molecule has 4 heteroatoms. The van der Waals surface area contributed by atoms with Gasteiger partial charge in [-0.05, 0) is 36.0 Å². The quantitative estimate of drug-likeness (QED) is 0.805. The zero-order valence-electron chi connectivity index (χ0n) is 8.01. The van der Waals surface area contributed by atoms with Crippen molar-refractivity contribution in [2.24, 2.45) is 0 Å². The summed E-state index contributed by atoms with van der Waals surface area (Å²) in [5.74, 6) is 0.291. The van der Waals surface area contributed by atoms with Crippen LogP contribution < -0.4 is 0 Å². The number of alkyl halides is 3. The molecule has 0 atom stereocenters. The molecule has 0 saturated heterocycles. The van der Waals surface area contributed by atoms with Crippen molar-refractivity contribution in [1.29, 1.82) is 0 Å². The summed E-state index contributed by atoms with van der Waals surface area (Å²) in [4.78, 5) is 0. The molecule has 0 unspecified atom stereocenters. The van der Waals surface area contributed by atoms with Crippen LogP contribution in [0, 0.1) is 0 Å². The van der Waals surface area contributed by atoms with E-state index in [1.165, 1.54) is 12.1 Å². The van der Waals surface area contributed by atoms with Crippen LogP contribution in [0.15, 0.2) is 18.2 Å². The Balaban J connectivity index is 2.42. The van der Waals surface area contributed by atoms with E-state index in [0.717, 1.165) is 18.4 Å². The summed E-state index contributed by atoms with van der Waals surface area (Å²) >= 11 is 0. The second kappa shape index (κ2) is 3.52. The fraction of sp³-hybridized carbons (Fsp3) is 0.455. The molecule has 0 heterocycles. The van der Waals surface area contributed by atoms with Gasteiger partial charge in [-0.1, -0.05) is 12.1 Å². The molecule has 82 valence electrons. The maximum atomic E-state index is 12.6. The van der Waals surface area contributed by atoms with Gasteiger partial charge in [0.2, 0.25) is 0 Å². The van der Waals surface area contributed by atoms with Crippen LogP contribution in [0.5, 0.6) is 0 Å². The first kappa shape index (κ1) is 10.5. The van der Waals surface area contributed by atoms with Crippen LogP contribution in [-0.2, 0) is 12.8 Å². The molecule has 1 aliphatic rings. The van der Waals surface area contributed by atoms with Crippen molar-refractivity contribution >= 4 is 0 Å².